The van der Waals surface area contributed by atoms with Crippen molar-refractivity contribution in [1.82, 2.24) is 8.75 Å². The monoisotopic (exact) mass is 245 g/mol. The van der Waals surface area contributed by atoms with Gasteiger partial charge in [0.1, 0.15) is 0 Å². The van der Waals surface area contributed by atoms with E-state index in [-0.39, 0.29) is 11.9 Å². The van der Waals surface area contributed by atoms with Gasteiger partial charge < -0.3 is 4.90 Å². The third kappa shape index (κ3) is 1.63. The van der Waals surface area contributed by atoms with Crippen molar-refractivity contribution >= 4 is 23.3 Å². The molecule has 4 nitrogen and oxygen atoms in total. The molecule has 17 heavy (non-hydrogen) atoms. The number of hydrogen-bond donors (Lipinski definition) is 0. The fourth-order valence-electron chi connectivity index (χ4n) is 2.26. The molecule has 1 aliphatic heterocycles. The van der Waals surface area contributed by atoms with Gasteiger partial charge in [0.05, 0.1) is 17.9 Å². The van der Waals surface area contributed by atoms with E-state index in [9.17, 15) is 4.79 Å². The lowest BCUT2D eigenvalue weighted by molar-refractivity contribution is 0.0977. The van der Waals surface area contributed by atoms with E-state index in [0.717, 1.165) is 23.8 Å². The second-order valence-corrected chi connectivity index (χ2v) is 4.71. The summed E-state index contributed by atoms with van der Waals surface area (Å²) in [7, 11) is 0. The Morgan fingerprint density at radius 3 is 3.06 bits per heavy atom. The quantitative estimate of drug-likeness (QED) is 0.773. The fourth-order valence-corrected chi connectivity index (χ4v) is 2.66. The lowest BCUT2D eigenvalue weighted by atomic mass is 10.1. The minimum absolute atomic E-state index is 0.0591. The predicted molar refractivity (Wildman–Crippen MR) is 66.3 cm³/mol. The molecular formula is C12H11N3OS. The Kier molecular flexibility index (Phi) is 2.40. The molecule has 0 aliphatic carbocycles. The SMILES string of the molecule is C[C@@H]1Cc2ccccc2N1C(=O)c1cnsn1. The van der Waals surface area contributed by atoms with Crippen LogP contribution in [0.5, 0.6) is 0 Å². The molecule has 1 aliphatic rings. The van der Waals surface area contributed by atoms with Crippen molar-refractivity contribution in [3.8, 4) is 0 Å². The molecule has 2 aromatic rings. The third-order valence-electron chi connectivity index (χ3n) is 3.01. The number of nitrogens with zero attached hydrogens (tertiary/aromatic N) is 3. The number of fused-ring (bicyclic) bond motifs is 1. The van der Waals surface area contributed by atoms with Crippen molar-refractivity contribution in [2.45, 2.75) is 19.4 Å². The Morgan fingerprint density at radius 1 is 1.47 bits per heavy atom. The normalized spacial score (nSPS) is 18.2. The van der Waals surface area contributed by atoms with Gasteiger partial charge >= 0.3 is 0 Å². The fraction of sp³-hybridized carbons (Fsp3) is 0.250. The van der Waals surface area contributed by atoms with Crippen molar-refractivity contribution in [3.05, 3.63) is 41.7 Å². The Hall–Kier alpha value is -1.75. The molecule has 0 saturated heterocycles. The van der Waals surface area contributed by atoms with E-state index in [1.54, 1.807) is 0 Å². The summed E-state index contributed by atoms with van der Waals surface area (Å²) in [6.07, 6.45) is 2.43. The number of carbonyl (C=O) groups excluding carboxylic acids is 1. The van der Waals surface area contributed by atoms with Crippen LogP contribution in [0, 0.1) is 0 Å². The molecule has 0 fully saturated rings. The first-order valence-corrected chi connectivity index (χ1v) is 6.19. The molecule has 0 N–H and O–H groups in total. The molecule has 1 aromatic carbocycles. The van der Waals surface area contributed by atoms with Crippen molar-refractivity contribution in [2.24, 2.45) is 0 Å². The van der Waals surface area contributed by atoms with Gasteiger partial charge in [-0.1, -0.05) is 18.2 Å². The molecule has 0 spiro atoms. The topological polar surface area (TPSA) is 46.1 Å². The first kappa shape index (κ1) is 10.4. The molecule has 1 amide bonds. The summed E-state index contributed by atoms with van der Waals surface area (Å²) in [5.41, 5.74) is 2.65. The van der Waals surface area contributed by atoms with Crippen LogP contribution in [0.25, 0.3) is 0 Å². The number of rotatable bonds is 1. The van der Waals surface area contributed by atoms with E-state index < -0.39 is 0 Å². The van der Waals surface area contributed by atoms with Crippen LogP contribution in [0.2, 0.25) is 0 Å². The number of hydrogen-bond acceptors (Lipinski definition) is 4. The number of anilines is 1. The summed E-state index contributed by atoms with van der Waals surface area (Å²) in [6, 6.07) is 8.19. The smallest absolute Gasteiger partial charge is 0.279 e. The van der Waals surface area contributed by atoms with Crippen LogP contribution >= 0.6 is 11.7 Å². The van der Waals surface area contributed by atoms with Gasteiger partial charge in [-0.05, 0) is 25.0 Å². The van der Waals surface area contributed by atoms with E-state index in [0.29, 0.717) is 5.69 Å². The van der Waals surface area contributed by atoms with Crippen LogP contribution < -0.4 is 4.90 Å². The van der Waals surface area contributed by atoms with Crippen LogP contribution in [0.1, 0.15) is 23.0 Å². The number of para-hydroxylation sites is 1. The highest BCUT2D eigenvalue weighted by Crippen LogP contribution is 2.32. The predicted octanol–water partition coefficient (Wildman–Crippen LogP) is 2.13. The molecule has 1 atom stereocenters. The Morgan fingerprint density at radius 2 is 2.29 bits per heavy atom. The summed E-state index contributed by atoms with van der Waals surface area (Å²) in [5.74, 6) is -0.0591. The maximum Gasteiger partial charge on any atom is 0.279 e. The number of carbonyl (C=O) groups is 1. The minimum Gasteiger partial charge on any atom is -0.304 e. The highest BCUT2D eigenvalue weighted by molar-refractivity contribution is 6.99. The second kappa shape index (κ2) is 3.92. The van der Waals surface area contributed by atoms with Gasteiger partial charge in [-0.3, -0.25) is 4.79 Å². The van der Waals surface area contributed by atoms with Gasteiger partial charge in [0.25, 0.3) is 5.91 Å². The average molecular weight is 245 g/mol. The molecule has 1 aromatic heterocycles. The third-order valence-corrected chi connectivity index (χ3v) is 3.48. The van der Waals surface area contributed by atoms with Crippen molar-refractivity contribution in [1.29, 1.82) is 0 Å². The van der Waals surface area contributed by atoms with Gasteiger partial charge in [0, 0.05) is 11.7 Å². The lowest BCUT2D eigenvalue weighted by Crippen LogP contribution is -2.35. The van der Waals surface area contributed by atoms with E-state index in [4.69, 9.17) is 0 Å². The van der Waals surface area contributed by atoms with Crippen LogP contribution in [0.4, 0.5) is 5.69 Å². The maximum absolute atomic E-state index is 12.3. The highest BCUT2D eigenvalue weighted by atomic mass is 32.1. The van der Waals surface area contributed by atoms with E-state index >= 15 is 0 Å². The summed E-state index contributed by atoms with van der Waals surface area (Å²) in [4.78, 5) is 14.1. The van der Waals surface area contributed by atoms with Gasteiger partial charge in [0.15, 0.2) is 5.69 Å². The minimum atomic E-state index is -0.0591. The number of benzene rings is 1. The molecule has 0 unspecified atom stereocenters. The molecule has 2 heterocycles. The first-order valence-electron chi connectivity index (χ1n) is 5.46. The standard InChI is InChI=1S/C12H11N3OS/c1-8-6-9-4-2-3-5-11(9)15(8)12(16)10-7-13-17-14-10/h2-5,7-8H,6H2,1H3/t8-/m1/s1. The number of amides is 1. The zero-order chi connectivity index (χ0) is 11.8. The van der Waals surface area contributed by atoms with Gasteiger partial charge in [-0.2, -0.15) is 8.75 Å². The second-order valence-electron chi connectivity index (χ2n) is 4.15. The molecule has 0 radical (unpaired) electrons. The van der Waals surface area contributed by atoms with E-state index in [2.05, 4.69) is 21.7 Å². The average Bonchev–Trinajstić information content (AvgIpc) is 2.94. The van der Waals surface area contributed by atoms with E-state index in [1.165, 1.54) is 11.8 Å². The van der Waals surface area contributed by atoms with Crippen molar-refractivity contribution in [3.63, 3.8) is 0 Å². The van der Waals surface area contributed by atoms with Crippen molar-refractivity contribution in [2.75, 3.05) is 4.90 Å². The van der Waals surface area contributed by atoms with Gasteiger partial charge in [-0.15, -0.1) is 0 Å². The highest BCUT2D eigenvalue weighted by Gasteiger charge is 2.32. The van der Waals surface area contributed by atoms with Crippen LogP contribution in [-0.2, 0) is 6.42 Å². The molecule has 5 heteroatoms. The zero-order valence-electron chi connectivity index (χ0n) is 9.33. The summed E-state index contributed by atoms with van der Waals surface area (Å²) in [5, 5.41) is 0. The number of aromatic nitrogens is 2. The first-order chi connectivity index (χ1) is 8.27. The largest absolute Gasteiger partial charge is 0.304 e. The molecule has 3 rings (SSSR count). The van der Waals surface area contributed by atoms with Gasteiger partial charge in [0.2, 0.25) is 0 Å². The summed E-state index contributed by atoms with van der Waals surface area (Å²) >= 11 is 1.06. The summed E-state index contributed by atoms with van der Waals surface area (Å²) in [6.45, 7) is 2.05. The lowest BCUT2D eigenvalue weighted by Gasteiger charge is -2.21. The molecular weight excluding hydrogens is 234 g/mol. The molecule has 0 saturated carbocycles. The summed E-state index contributed by atoms with van der Waals surface area (Å²) < 4.78 is 7.89. The molecule has 86 valence electrons. The van der Waals surface area contributed by atoms with E-state index in [1.807, 2.05) is 23.1 Å². The Bertz CT molecular complexity index is 553. The Labute approximate surface area is 103 Å². The van der Waals surface area contributed by atoms with Crippen molar-refractivity contribution < 1.29 is 4.79 Å². The van der Waals surface area contributed by atoms with Crippen LogP contribution in [0.3, 0.4) is 0 Å². The Balaban J connectivity index is 2.01. The zero-order valence-corrected chi connectivity index (χ0v) is 10.1. The molecule has 0 bridgehead atoms. The maximum atomic E-state index is 12.3. The van der Waals surface area contributed by atoms with Gasteiger partial charge in [-0.25, -0.2) is 0 Å². The van der Waals surface area contributed by atoms with Crippen LogP contribution in [0.15, 0.2) is 30.5 Å². The van der Waals surface area contributed by atoms with Crippen LogP contribution in [-0.4, -0.2) is 20.7 Å².